The second kappa shape index (κ2) is 7.73. The summed E-state index contributed by atoms with van der Waals surface area (Å²) in [6.45, 7) is 3.82. The van der Waals surface area contributed by atoms with Gasteiger partial charge in [-0.2, -0.15) is 0 Å². The van der Waals surface area contributed by atoms with Crippen LogP contribution in [-0.4, -0.2) is 57.4 Å². The van der Waals surface area contributed by atoms with Crippen molar-refractivity contribution in [3.05, 3.63) is 28.2 Å². The Bertz CT molecular complexity index is 491. The number of halogens is 2. The van der Waals surface area contributed by atoms with Crippen LogP contribution in [0.4, 0.5) is 10.5 Å². The molecule has 2 rings (SSSR count). The summed E-state index contributed by atoms with van der Waals surface area (Å²) < 4.78 is 4.91. The fourth-order valence-corrected chi connectivity index (χ4v) is 2.67. The normalized spacial score (nSPS) is 15.2. The van der Waals surface area contributed by atoms with E-state index < -0.39 is 0 Å². The number of anilines is 1. The van der Waals surface area contributed by atoms with E-state index in [9.17, 15) is 4.79 Å². The molecular weight excluding hydrogens is 313 g/mol. The van der Waals surface area contributed by atoms with Crippen molar-refractivity contribution in [2.45, 2.75) is 0 Å². The zero-order valence-electron chi connectivity index (χ0n) is 11.9. The molecule has 0 saturated carbocycles. The van der Waals surface area contributed by atoms with Gasteiger partial charge in [0.05, 0.1) is 22.3 Å². The zero-order valence-corrected chi connectivity index (χ0v) is 13.5. The third kappa shape index (κ3) is 4.15. The first-order valence-corrected chi connectivity index (χ1v) is 7.59. The van der Waals surface area contributed by atoms with E-state index in [1.807, 2.05) is 12.1 Å². The fourth-order valence-electron chi connectivity index (χ4n) is 2.26. The molecule has 0 unspecified atom stereocenters. The van der Waals surface area contributed by atoms with Crippen LogP contribution in [0.5, 0.6) is 0 Å². The van der Waals surface area contributed by atoms with Crippen LogP contribution in [0.2, 0.25) is 10.0 Å². The molecule has 1 saturated heterocycles. The van der Waals surface area contributed by atoms with Crippen molar-refractivity contribution in [2.75, 3.05) is 51.3 Å². The fraction of sp³-hybridized carbons (Fsp3) is 0.500. The maximum absolute atomic E-state index is 11.9. The highest BCUT2D eigenvalue weighted by molar-refractivity contribution is 6.43. The maximum Gasteiger partial charge on any atom is 0.317 e. The summed E-state index contributed by atoms with van der Waals surface area (Å²) >= 11 is 12.3. The number of rotatable bonds is 4. The third-order valence-electron chi connectivity index (χ3n) is 3.42. The topological polar surface area (TPSA) is 44.8 Å². The Balaban J connectivity index is 1.88. The van der Waals surface area contributed by atoms with Gasteiger partial charge in [0.1, 0.15) is 0 Å². The molecule has 0 spiro atoms. The summed E-state index contributed by atoms with van der Waals surface area (Å²) in [6.07, 6.45) is 0. The number of piperazine rings is 1. The van der Waals surface area contributed by atoms with E-state index in [4.69, 9.17) is 27.9 Å². The highest BCUT2D eigenvalue weighted by Gasteiger charge is 2.22. The van der Waals surface area contributed by atoms with Crippen LogP contribution in [0, 0.1) is 0 Å². The molecule has 0 radical (unpaired) electrons. The molecule has 21 heavy (non-hydrogen) atoms. The van der Waals surface area contributed by atoms with Gasteiger partial charge in [-0.05, 0) is 12.1 Å². The van der Waals surface area contributed by atoms with Gasteiger partial charge in [-0.3, -0.25) is 0 Å². The Morgan fingerprint density at radius 1 is 1.29 bits per heavy atom. The smallest absolute Gasteiger partial charge is 0.317 e. The van der Waals surface area contributed by atoms with Gasteiger partial charge in [0.2, 0.25) is 0 Å². The van der Waals surface area contributed by atoms with Gasteiger partial charge in [0.25, 0.3) is 0 Å². The number of amides is 2. The van der Waals surface area contributed by atoms with E-state index in [0.717, 1.165) is 18.8 Å². The van der Waals surface area contributed by atoms with Gasteiger partial charge in [0.15, 0.2) is 0 Å². The molecular formula is C14H19Cl2N3O2. The SMILES string of the molecule is COCCNC(=O)N1CCN(c2cccc(Cl)c2Cl)CC1. The largest absolute Gasteiger partial charge is 0.383 e. The molecule has 1 aliphatic heterocycles. The molecule has 1 N–H and O–H groups in total. The van der Waals surface area contributed by atoms with Crippen molar-refractivity contribution in [2.24, 2.45) is 0 Å². The molecule has 1 aromatic rings. The predicted molar refractivity (Wildman–Crippen MR) is 85.5 cm³/mol. The van der Waals surface area contributed by atoms with Crippen LogP contribution < -0.4 is 10.2 Å². The molecule has 7 heteroatoms. The molecule has 1 fully saturated rings. The number of methoxy groups -OCH3 is 1. The number of ether oxygens (including phenoxy) is 1. The average Bonchev–Trinajstić information content (AvgIpc) is 2.50. The van der Waals surface area contributed by atoms with Crippen LogP contribution in [-0.2, 0) is 4.74 Å². The number of nitrogens with zero attached hydrogens (tertiary/aromatic N) is 2. The Labute approximate surface area is 134 Å². The maximum atomic E-state index is 11.9. The quantitative estimate of drug-likeness (QED) is 0.862. The Morgan fingerprint density at radius 3 is 2.67 bits per heavy atom. The van der Waals surface area contributed by atoms with Crippen LogP contribution in [0.3, 0.4) is 0 Å². The summed E-state index contributed by atoms with van der Waals surface area (Å²) in [5, 5.41) is 3.94. The Hall–Kier alpha value is -1.17. The first-order valence-electron chi connectivity index (χ1n) is 6.84. The first-order chi connectivity index (χ1) is 10.1. The number of benzene rings is 1. The molecule has 1 heterocycles. The number of urea groups is 1. The molecule has 0 aliphatic carbocycles. The molecule has 1 aromatic carbocycles. The molecule has 1 aliphatic rings. The van der Waals surface area contributed by atoms with Crippen molar-refractivity contribution in [3.63, 3.8) is 0 Å². The highest BCUT2D eigenvalue weighted by Crippen LogP contribution is 2.32. The summed E-state index contributed by atoms with van der Waals surface area (Å²) in [7, 11) is 1.61. The predicted octanol–water partition coefficient (Wildman–Crippen LogP) is 2.47. The summed E-state index contributed by atoms with van der Waals surface area (Å²) in [4.78, 5) is 15.9. The minimum Gasteiger partial charge on any atom is -0.383 e. The number of hydrogen-bond donors (Lipinski definition) is 1. The van der Waals surface area contributed by atoms with Crippen molar-refractivity contribution in [1.82, 2.24) is 10.2 Å². The number of hydrogen-bond acceptors (Lipinski definition) is 3. The van der Waals surface area contributed by atoms with Gasteiger partial charge in [-0.1, -0.05) is 29.3 Å². The van der Waals surface area contributed by atoms with E-state index in [1.54, 1.807) is 18.1 Å². The van der Waals surface area contributed by atoms with Crippen molar-refractivity contribution in [3.8, 4) is 0 Å². The van der Waals surface area contributed by atoms with Crippen molar-refractivity contribution in [1.29, 1.82) is 0 Å². The van der Waals surface area contributed by atoms with Crippen LogP contribution in [0.15, 0.2) is 18.2 Å². The molecule has 0 aromatic heterocycles. The van der Waals surface area contributed by atoms with E-state index in [2.05, 4.69) is 10.2 Å². The van der Waals surface area contributed by atoms with Gasteiger partial charge in [-0.25, -0.2) is 4.79 Å². The summed E-state index contributed by atoms with van der Waals surface area (Å²) in [6, 6.07) is 5.55. The third-order valence-corrected chi connectivity index (χ3v) is 4.23. The zero-order chi connectivity index (χ0) is 15.2. The van der Waals surface area contributed by atoms with Gasteiger partial charge < -0.3 is 19.9 Å². The number of carbonyl (C=O) groups excluding carboxylic acids is 1. The molecule has 116 valence electrons. The second-order valence-corrected chi connectivity index (χ2v) is 5.56. The van der Waals surface area contributed by atoms with Crippen LogP contribution >= 0.6 is 23.2 Å². The lowest BCUT2D eigenvalue weighted by Gasteiger charge is -2.36. The van der Waals surface area contributed by atoms with Gasteiger partial charge in [-0.15, -0.1) is 0 Å². The monoisotopic (exact) mass is 331 g/mol. The number of carbonyl (C=O) groups is 1. The Kier molecular flexibility index (Phi) is 5.96. The Morgan fingerprint density at radius 2 is 2.00 bits per heavy atom. The number of nitrogens with one attached hydrogen (secondary N) is 1. The van der Waals surface area contributed by atoms with Crippen LogP contribution in [0.1, 0.15) is 0 Å². The molecule has 0 bridgehead atoms. The van der Waals surface area contributed by atoms with Gasteiger partial charge in [0, 0.05) is 39.8 Å². The standard InChI is InChI=1S/C14H19Cl2N3O2/c1-21-10-5-17-14(20)19-8-6-18(7-9-19)12-4-2-3-11(15)13(12)16/h2-4H,5-10H2,1H3,(H,17,20). The van der Waals surface area contributed by atoms with Crippen molar-refractivity contribution >= 4 is 34.9 Å². The minimum absolute atomic E-state index is 0.0520. The lowest BCUT2D eigenvalue weighted by Crippen LogP contribution is -2.52. The van der Waals surface area contributed by atoms with Gasteiger partial charge >= 0.3 is 6.03 Å². The van der Waals surface area contributed by atoms with E-state index in [1.165, 1.54) is 0 Å². The summed E-state index contributed by atoms with van der Waals surface area (Å²) in [5.74, 6) is 0. The molecule has 0 atom stereocenters. The lowest BCUT2D eigenvalue weighted by molar-refractivity contribution is 0.177. The first kappa shape index (κ1) is 16.2. The second-order valence-electron chi connectivity index (χ2n) is 4.77. The average molecular weight is 332 g/mol. The molecule has 2 amide bonds. The van der Waals surface area contributed by atoms with Crippen molar-refractivity contribution < 1.29 is 9.53 Å². The van der Waals surface area contributed by atoms with E-state index in [-0.39, 0.29) is 6.03 Å². The molecule has 5 nitrogen and oxygen atoms in total. The summed E-state index contributed by atoms with van der Waals surface area (Å²) in [5.41, 5.74) is 0.920. The van der Waals surface area contributed by atoms with E-state index >= 15 is 0 Å². The minimum atomic E-state index is -0.0520. The highest BCUT2D eigenvalue weighted by atomic mass is 35.5. The lowest BCUT2D eigenvalue weighted by atomic mass is 10.2. The van der Waals surface area contributed by atoms with E-state index in [0.29, 0.717) is 36.3 Å². The van der Waals surface area contributed by atoms with Crippen LogP contribution in [0.25, 0.3) is 0 Å².